The van der Waals surface area contributed by atoms with Crippen molar-refractivity contribution in [1.29, 1.82) is 0 Å². The molecule has 7 nitrogen and oxygen atoms in total. The van der Waals surface area contributed by atoms with Gasteiger partial charge in [-0.15, -0.1) is 0 Å². The summed E-state index contributed by atoms with van der Waals surface area (Å²) >= 11 is 5.97. The van der Waals surface area contributed by atoms with Crippen LogP contribution < -0.4 is 17.1 Å². The Bertz CT molecular complexity index is 934. The number of halogens is 4. The molecule has 1 heterocycles. The number of alkyl halides is 3. The molecule has 2 rings (SSSR count). The molecule has 0 atom stereocenters. The molecule has 0 aliphatic carbocycles. The summed E-state index contributed by atoms with van der Waals surface area (Å²) in [5.41, 5.74) is -3.82. The maximum absolute atomic E-state index is 12.8. The summed E-state index contributed by atoms with van der Waals surface area (Å²) < 4.78 is 38.7. The lowest BCUT2D eigenvalue weighted by Gasteiger charge is -2.13. The van der Waals surface area contributed by atoms with E-state index in [2.05, 4.69) is 5.16 Å². The monoisotopic (exact) mass is 376 g/mol. The van der Waals surface area contributed by atoms with Gasteiger partial charge in [0.05, 0.1) is 11.9 Å². The van der Waals surface area contributed by atoms with Gasteiger partial charge in [0.2, 0.25) is 0 Å². The van der Waals surface area contributed by atoms with Crippen LogP contribution in [-0.2, 0) is 11.0 Å². The lowest BCUT2D eigenvalue weighted by Crippen LogP contribution is -2.45. The van der Waals surface area contributed by atoms with Crippen molar-refractivity contribution in [1.82, 2.24) is 9.24 Å². The van der Waals surface area contributed by atoms with E-state index < -0.39 is 23.1 Å². The van der Waals surface area contributed by atoms with Crippen molar-refractivity contribution in [3.63, 3.8) is 0 Å². The van der Waals surface area contributed by atoms with E-state index in [1.165, 1.54) is 24.4 Å². The lowest BCUT2D eigenvalue weighted by atomic mass is 10.2. The van der Waals surface area contributed by atoms with Gasteiger partial charge in [-0.2, -0.15) is 13.2 Å². The Balaban J connectivity index is 2.64. The Morgan fingerprint density at radius 3 is 2.60 bits per heavy atom. The highest BCUT2D eigenvalue weighted by atomic mass is 35.5. The highest BCUT2D eigenvalue weighted by Gasteiger charge is 2.35. The van der Waals surface area contributed by atoms with Crippen LogP contribution >= 0.6 is 11.6 Å². The van der Waals surface area contributed by atoms with Crippen molar-refractivity contribution >= 4 is 17.8 Å². The predicted molar refractivity (Wildman–Crippen MR) is 85.7 cm³/mol. The van der Waals surface area contributed by atoms with Crippen LogP contribution in [0.5, 0.6) is 0 Å². The Hall–Kier alpha value is -2.75. The fourth-order valence-corrected chi connectivity index (χ4v) is 2.12. The minimum Gasteiger partial charge on any atom is -0.396 e. The molecule has 0 aliphatic heterocycles. The Morgan fingerprint density at radius 2 is 2.00 bits per heavy atom. The molecule has 0 aliphatic rings. The van der Waals surface area contributed by atoms with E-state index in [0.29, 0.717) is 16.7 Å². The number of hydrogen-bond donors (Lipinski definition) is 1. The molecule has 0 saturated heterocycles. The van der Waals surface area contributed by atoms with Crippen molar-refractivity contribution in [3.05, 3.63) is 61.4 Å². The number of hydrogen-bond acceptors (Lipinski definition) is 5. The third kappa shape index (κ3) is 3.85. The first-order chi connectivity index (χ1) is 11.7. The minimum absolute atomic E-state index is 0.0229. The first-order valence-corrected chi connectivity index (χ1v) is 7.21. The van der Waals surface area contributed by atoms with Crippen molar-refractivity contribution < 1.29 is 18.0 Å². The maximum atomic E-state index is 12.8. The zero-order chi connectivity index (χ0) is 18.8. The number of oxime groups is 1. The summed E-state index contributed by atoms with van der Waals surface area (Å²) in [6.07, 6.45) is -3.70. The first kappa shape index (κ1) is 18.6. The summed E-state index contributed by atoms with van der Waals surface area (Å²) in [5, 5.41) is 3.85. The molecular weight excluding hydrogens is 365 g/mol. The highest BCUT2D eigenvalue weighted by molar-refractivity contribution is 6.33. The average molecular weight is 377 g/mol. The normalized spacial score (nSPS) is 11.9. The largest absolute Gasteiger partial charge is 0.433 e. The molecule has 11 heteroatoms. The standard InChI is InChI=1S/C14H12ClF3N4O3/c1-2-25-20-7-8-5-9(3-4-10(8)15)21-12(23)6-11(14(16,17)18)22(19)13(21)24/h3-7H,2,19H2,1H3. The Kier molecular flexibility index (Phi) is 5.21. The molecule has 0 bridgehead atoms. The quantitative estimate of drug-likeness (QED) is 0.500. The Labute approximate surface area is 143 Å². The van der Waals surface area contributed by atoms with Crippen LogP contribution in [0.25, 0.3) is 5.69 Å². The van der Waals surface area contributed by atoms with Gasteiger partial charge in [-0.05, 0) is 25.1 Å². The van der Waals surface area contributed by atoms with Gasteiger partial charge in [-0.25, -0.2) is 14.0 Å². The van der Waals surface area contributed by atoms with Gasteiger partial charge in [0.15, 0.2) is 5.69 Å². The van der Waals surface area contributed by atoms with Gasteiger partial charge in [-0.1, -0.05) is 16.8 Å². The molecule has 0 radical (unpaired) electrons. The van der Waals surface area contributed by atoms with Gasteiger partial charge in [0.1, 0.15) is 6.61 Å². The lowest BCUT2D eigenvalue weighted by molar-refractivity contribution is -0.143. The summed E-state index contributed by atoms with van der Waals surface area (Å²) in [6, 6.07) is 4.18. The summed E-state index contributed by atoms with van der Waals surface area (Å²) in [6.45, 7) is 2.02. The van der Waals surface area contributed by atoms with Crippen molar-refractivity contribution in [2.75, 3.05) is 12.4 Å². The van der Waals surface area contributed by atoms with E-state index in [1.807, 2.05) is 0 Å². The third-order valence-corrected chi connectivity index (χ3v) is 3.41. The molecule has 0 saturated carbocycles. The number of rotatable bonds is 4. The molecule has 0 spiro atoms. The van der Waals surface area contributed by atoms with E-state index in [1.54, 1.807) is 6.92 Å². The second-order valence-corrected chi connectivity index (χ2v) is 5.12. The third-order valence-electron chi connectivity index (χ3n) is 3.06. The minimum atomic E-state index is -4.94. The fourth-order valence-electron chi connectivity index (χ4n) is 1.95. The summed E-state index contributed by atoms with van der Waals surface area (Å²) in [5.74, 6) is 5.19. The molecule has 0 fully saturated rings. The topological polar surface area (TPSA) is 91.6 Å². The van der Waals surface area contributed by atoms with Crippen LogP contribution in [0.4, 0.5) is 13.2 Å². The second-order valence-electron chi connectivity index (χ2n) is 4.71. The first-order valence-electron chi connectivity index (χ1n) is 6.83. The van der Waals surface area contributed by atoms with Crippen molar-refractivity contribution in [3.8, 4) is 5.69 Å². The Morgan fingerprint density at radius 1 is 1.32 bits per heavy atom. The number of aromatic nitrogens is 2. The molecule has 134 valence electrons. The predicted octanol–water partition coefficient (Wildman–Crippen LogP) is 1.76. The second kappa shape index (κ2) is 7.01. The fraction of sp³-hybridized carbons (Fsp3) is 0.214. The van der Waals surface area contributed by atoms with Crippen LogP contribution in [0.15, 0.2) is 39.0 Å². The van der Waals surface area contributed by atoms with Gasteiger partial charge < -0.3 is 10.7 Å². The smallest absolute Gasteiger partial charge is 0.396 e. The van der Waals surface area contributed by atoms with E-state index in [4.69, 9.17) is 22.3 Å². The molecule has 0 amide bonds. The number of benzene rings is 1. The molecular formula is C14H12ClF3N4O3. The zero-order valence-electron chi connectivity index (χ0n) is 12.7. The van der Waals surface area contributed by atoms with E-state index in [0.717, 1.165) is 0 Å². The number of nitrogen functional groups attached to an aromatic ring is 1. The summed E-state index contributed by atoms with van der Waals surface area (Å²) in [7, 11) is 0. The molecule has 25 heavy (non-hydrogen) atoms. The molecule has 0 unspecified atom stereocenters. The molecule has 1 aromatic heterocycles. The van der Waals surface area contributed by atoms with Crippen LogP contribution in [0.3, 0.4) is 0 Å². The number of nitrogens with two attached hydrogens (primary N) is 1. The SMILES string of the molecule is CCON=Cc1cc(-n2c(=O)cc(C(F)(F)F)n(N)c2=O)ccc1Cl. The molecule has 2 aromatic rings. The van der Waals surface area contributed by atoms with Crippen LogP contribution in [-0.4, -0.2) is 22.1 Å². The zero-order valence-corrected chi connectivity index (χ0v) is 13.5. The average Bonchev–Trinajstić information content (AvgIpc) is 2.53. The van der Waals surface area contributed by atoms with Crippen LogP contribution in [0.2, 0.25) is 5.02 Å². The molecule has 1 aromatic carbocycles. The van der Waals surface area contributed by atoms with Gasteiger partial charge in [0, 0.05) is 16.7 Å². The molecule has 2 N–H and O–H groups in total. The highest BCUT2D eigenvalue weighted by Crippen LogP contribution is 2.26. The van der Waals surface area contributed by atoms with E-state index in [9.17, 15) is 22.8 Å². The van der Waals surface area contributed by atoms with Crippen molar-refractivity contribution in [2.24, 2.45) is 5.16 Å². The van der Waals surface area contributed by atoms with E-state index >= 15 is 0 Å². The van der Waals surface area contributed by atoms with Crippen LogP contribution in [0.1, 0.15) is 18.2 Å². The van der Waals surface area contributed by atoms with Crippen molar-refractivity contribution in [2.45, 2.75) is 13.1 Å². The van der Waals surface area contributed by atoms with Gasteiger partial charge in [0.25, 0.3) is 5.56 Å². The van der Waals surface area contributed by atoms with Crippen LogP contribution in [0, 0.1) is 0 Å². The maximum Gasteiger partial charge on any atom is 0.433 e. The van der Waals surface area contributed by atoms with Gasteiger partial charge >= 0.3 is 11.9 Å². The van der Waals surface area contributed by atoms with Gasteiger partial charge in [-0.3, -0.25) is 4.79 Å². The van der Waals surface area contributed by atoms with E-state index in [-0.39, 0.29) is 21.5 Å². The summed E-state index contributed by atoms with van der Waals surface area (Å²) in [4.78, 5) is 28.9. The number of nitrogens with zero attached hydrogens (tertiary/aromatic N) is 3.